The van der Waals surface area contributed by atoms with Gasteiger partial charge in [0.2, 0.25) is 0 Å². The first kappa shape index (κ1) is 10.2. The van der Waals surface area contributed by atoms with E-state index in [9.17, 15) is 9.90 Å². The molecule has 25 heavy (non-hydrogen) atoms. The maximum atomic E-state index is 13.2. The summed E-state index contributed by atoms with van der Waals surface area (Å²) in [5.74, 6) is 1.40. The van der Waals surface area contributed by atoms with Crippen LogP contribution in [-0.4, -0.2) is 5.11 Å². The van der Waals surface area contributed by atoms with Crippen LogP contribution in [0.4, 0.5) is 0 Å². The molecule has 4 unspecified atom stereocenters. The first-order valence-corrected chi connectivity index (χ1v) is 16.0. The molecule has 1 aromatic carbocycles. The molecule has 0 bridgehead atoms. The number of aryl methyl sites for hydroxylation is 1. The second kappa shape index (κ2) is 1.06. The van der Waals surface area contributed by atoms with Gasteiger partial charge in [0.25, 0.3) is 0 Å². The summed E-state index contributed by atoms with van der Waals surface area (Å²) in [6, 6.07) is 3.39. The fourth-order valence-corrected chi connectivity index (χ4v) is 92.5. The number of hydrogen-bond donors (Lipinski definition) is 1. The summed E-state index contributed by atoms with van der Waals surface area (Å²) >= 11 is 0. The number of hydrogen-bond acceptors (Lipinski definition) is 3. The van der Waals surface area contributed by atoms with Crippen molar-refractivity contribution in [2.75, 3.05) is 0 Å². The molecule has 10 fully saturated rings. The Balaban J connectivity index is 1.37. The molecule has 128 valence electrons. The van der Waals surface area contributed by atoms with Gasteiger partial charge in [-0.2, -0.15) is 0 Å². The Morgan fingerprint density at radius 1 is 0.960 bits per heavy atom. The van der Waals surface area contributed by atoms with Crippen LogP contribution in [0, 0.1) is 13.8 Å². The van der Waals surface area contributed by atoms with Crippen LogP contribution in [0.2, 0.25) is 43.3 Å². The first-order chi connectivity index (χ1) is 11.8. The van der Waals surface area contributed by atoms with Crippen LogP contribution in [0.25, 0.3) is 11.0 Å². The van der Waals surface area contributed by atoms with Gasteiger partial charge in [-0.1, -0.05) is 0 Å². The Hall–Kier alpha value is -1.25. The molecule has 1 aromatic heterocycles. The van der Waals surface area contributed by atoms with Crippen molar-refractivity contribution < 1.29 is 16.0 Å². The summed E-state index contributed by atoms with van der Waals surface area (Å²) in [6.07, 6.45) is 0. The average Bonchev–Trinajstić information content (AvgIpc) is 3.53. The first-order valence-electron chi connectivity index (χ1n) is 9.75. The SMILES string of the molecule is Cc1c([C]23[CH]4[CH]5[CH]6[CH]2[Fe]56432789[CH]3[CH]2[CH]7[CH]8[CH]39)oc2c(C)c(O)ccc2c1=O. The monoisotopic (exact) mass is 374 g/mol. The number of aromatic hydroxyl groups is 1. The molecule has 0 aliphatic carbocycles. The molecular weight excluding hydrogens is 356 g/mol. The fourth-order valence-electron chi connectivity index (χ4n) is 18.6. The van der Waals surface area contributed by atoms with Crippen molar-refractivity contribution in [3.8, 4) is 5.75 Å². The molecule has 0 saturated carbocycles. The van der Waals surface area contributed by atoms with Crippen LogP contribution in [0.1, 0.15) is 16.9 Å². The van der Waals surface area contributed by atoms with Crippen LogP contribution in [-0.2, 0) is 10.8 Å². The molecule has 1 N–H and O–H groups in total. The molecule has 0 radical (unpaired) electrons. The van der Waals surface area contributed by atoms with Gasteiger partial charge < -0.3 is 0 Å². The van der Waals surface area contributed by atoms with Crippen molar-refractivity contribution in [3.63, 3.8) is 0 Å². The van der Waals surface area contributed by atoms with Gasteiger partial charge in [-0.05, 0) is 0 Å². The van der Waals surface area contributed by atoms with Gasteiger partial charge in [0, 0.05) is 0 Å². The van der Waals surface area contributed by atoms with E-state index < -0.39 is 6.51 Å². The van der Waals surface area contributed by atoms with Gasteiger partial charge in [-0.25, -0.2) is 0 Å². The quantitative estimate of drug-likeness (QED) is 0.722. The predicted octanol–water partition coefficient (Wildman–Crippen LogP) is 4.91. The molecular formula is C21H18FeO3. The molecule has 10 saturated heterocycles. The van der Waals surface area contributed by atoms with E-state index in [2.05, 4.69) is 0 Å². The van der Waals surface area contributed by atoms with E-state index in [1.54, 1.807) is 12.1 Å². The van der Waals surface area contributed by atoms with E-state index >= 15 is 0 Å². The van der Waals surface area contributed by atoms with Crippen LogP contribution in [0.15, 0.2) is 21.3 Å². The molecule has 11 heterocycles. The Kier molecular flexibility index (Phi) is 0.432. The zero-order valence-electron chi connectivity index (χ0n) is 14.0. The van der Waals surface area contributed by atoms with E-state index in [1.165, 1.54) is 33.7 Å². The van der Waals surface area contributed by atoms with Gasteiger partial charge in [0.05, 0.1) is 0 Å². The Morgan fingerprint density at radius 2 is 1.56 bits per heavy atom. The minimum absolute atomic E-state index is 0.162. The van der Waals surface area contributed by atoms with Crippen molar-refractivity contribution in [2.24, 2.45) is 0 Å². The molecule has 3 nitrogen and oxygen atoms in total. The van der Waals surface area contributed by atoms with Crippen LogP contribution < -0.4 is 5.43 Å². The summed E-state index contributed by atoms with van der Waals surface area (Å²) in [5, 5.41) is 10.8. The number of rotatable bonds is 1. The van der Waals surface area contributed by atoms with Crippen molar-refractivity contribution in [1.29, 1.82) is 0 Å². The van der Waals surface area contributed by atoms with E-state index in [0.29, 0.717) is 15.3 Å². The third kappa shape index (κ3) is 0.156. The van der Waals surface area contributed by atoms with E-state index in [-0.39, 0.29) is 11.2 Å². The third-order valence-corrected chi connectivity index (χ3v) is 59.8. The van der Waals surface area contributed by atoms with Gasteiger partial charge in [0.15, 0.2) is 0 Å². The topological polar surface area (TPSA) is 50.4 Å². The number of phenolic OH excluding ortho intramolecular Hbond substituents is 1. The standard InChI is InChI=1S/C16H13O3.C5H5.Fe/c1-9-13(17)8-7-12-14(18)10(2)15(19-16(9)12)11-5-3-4-6-11;1-2-4-5-3-1;/h3-8,17H,1-2H3;1-5H;. The van der Waals surface area contributed by atoms with Crippen molar-refractivity contribution in [2.45, 2.75) is 61.5 Å². The normalized spacial score (nSPS) is 85.0. The van der Waals surface area contributed by atoms with Crippen LogP contribution in [0.5, 0.6) is 5.75 Å². The molecule has 4 heteroatoms. The maximum absolute atomic E-state index is 13.2. The van der Waals surface area contributed by atoms with Crippen molar-refractivity contribution in [1.82, 2.24) is 0 Å². The second-order valence-electron chi connectivity index (χ2n) is 13.2. The zero-order chi connectivity index (χ0) is 16.2. The number of phenols is 1. The van der Waals surface area contributed by atoms with Crippen molar-refractivity contribution in [3.05, 3.63) is 39.2 Å². The number of fused-ring (bicyclic) bond motifs is 11. The Labute approximate surface area is 133 Å². The molecule has 1 spiro atoms. The minimum atomic E-state index is -3.35. The summed E-state index contributed by atoms with van der Waals surface area (Å²) < 4.78 is 7.14. The molecule has 12 rings (SSSR count). The van der Waals surface area contributed by atoms with Gasteiger partial charge >= 0.3 is 134 Å². The Morgan fingerprint density at radius 3 is 2.04 bits per heavy atom. The summed E-state index contributed by atoms with van der Waals surface area (Å²) in [5.41, 5.74) is 2.49. The molecule has 4 atom stereocenters. The zero-order valence-corrected chi connectivity index (χ0v) is 15.1. The predicted molar refractivity (Wildman–Crippen MR) is 89.1 cm³/mol. The van der Waals surface area contributed by atoms with Gasteiger partial charge in [0.1, 0.15) is 0 Å². The van der Waals surface area contributed by atoms with E-state index in [0.717, 1.165) is 26.5 Å². The van der Waals surface area contributed by atoms with E-state index in [4.69, 9.17) is 4.42 Å². The van der Waals surface area contributed by atoms with Crippen LogP contribution in [0.3, 0.4) is 0 Å². The van der Waals surface area contributed by atoms with Gasteiger partial charge in [-0.3, -0.25) is 0 Å². The molecule has 2 aromatic rings. The van der Waals surface area contributed by atoms with E-state index in [1.807, 2.05) is 13.8 Å². The van der Waals surface area contributed by atoms with Crippen molar-refractivity contribution >= 4 is 11.0 Å². The fraction of sp³-hybridized carbons (Fsp3) is 0.571. The molecule has 10 aliphatic rings. The average molecular weight is 374 g/mol. The molecule has 10 aliphatic heterocycles. The van der Waals surface area contributed by atoms with Crippen LogP contribution >= 0.6 is 0 Å². The number of benzene rings is 1. The van der Waals surface area contributed by atoms with Gasteiger partial charge in [-0.15, -0.1) is 0 Å². The summed E-state index contributed by atoms with van der Waals surface area (Å²) in [6.45, 7) is 0.572. The Bertz CT molecular complexity index is 1610. The summed E-state index contributed by atoms with van der Waals surface area (Å²) in [4.78, 5) is 23.9. The third-order valence-electron chi connectivity index (χ3n) is 17.5. The summed E-state index contributed by atoms with van der Waals surface area (Å²) in [7, 11) is 0. The molecule has 0 amide bonds. The second-order valence-corrected chi connectivity index (χ2v) is 36.7.